The van der Waals surface area contributed by atoms with E-state index in [2.05, 4.69) is 20.4 Å². The Bertz CT molecular complexity index is 526. The van der Waals surface area contributed by atoms with Gasteiger partial charge in [-0.1, -0.05) is 0 Å². The Labute approximate surface area is 119 Å². The van der Waals surface area contributed by atoms with Crippen LogP contribution in [-0.2, 0) is 11.2 Å². The molecule has 1 N–H and O–H groups in total. The quantitative estimate of drug-likeness (QED) is 0.732. The molecule has 0 radical (unpaired) electrons. The van der Waals surface area contributed by atoms with Crippen molar-refractivity contribution < 1.29 is 4.74 Å². The van der Waals surface area contributed by atoms with E-state index in [1.165, 1.54) is 5.56 Å². The van der Waals surface area contributed by atoms with Crippen molar-refractivity contribution in [3.8, 4) is 5.82 Å². The molecule has 0 saturated carbocycles. The van der Waals surface area contributed by atoms with E-state index in [0.29, 0.717) is 0 Å². The van der Waals surface area contributed by atoms with Gasteiger partial charge in [0.2, 0.25) is 0 Å². The van der Waals surface area contributed by atoms with Gasteiger partial charge in [-0.2, -0.15) is 5.10 Å². The van der Waals surface area contributed by atoms with Crippen LogP contribution in [0, 0.1) is 6.92 Å². The standard InChI is InChI=1S/C14H21N5O/c1-12-8-14(17-11-16-12)19-10-13(9-18-19)4-3-5-15-6-7-20-2/h8-11,15H,3-7H2,1-2H3. The SMILES string of the molecule is COCCNCCCc1cnn(-c2cc(C)ncn2)c1. The summed E-state index contributed by atoms with van der Waals surface area (Å²) in [4.78, 5) is 8.30. The van der Waals surface area contributed by atoms with E-state index in [1.54, 1.807) is 18.1 Å². The summed E-state index contributed by atoms with van der Waals surface area (Å²) >= 11 is 0. The molecule has 0 aliphatic heterocycles. The van der Waals surface area contributed by atoms with Crippen LogP contribution in [0.15, 0.2) is 24.8 Å². The molecular formula is C14H21N5O. The highest BCUT2D eigenvalue weighted by Crippen LogP contribution is 2.07. The van der Waals surface area contributed by atoms with Gasteiger partial charge in [0.1, 0.15) is 6.33 Å². The molecule has 2 heterocycles. The Kier molecular flexibility index (Phi) is 5.64. The number of hydrogen-bond acceptors (Lipinski definition) is 5. The van der Waals surface area contributed by atoms with Crippen LogP contribution in [0.5, 0.6) is 0 Å². The van der Waals surface area contributed by atoms with Crippen LogP contribution < -0.4 is 5.32 Å². The van der Waals surface area contributed by atoms with Crippen molar-refractivity contribution in [2.45, 2.75) is 19.8 Å². The van der Waals surface area contributed by atoms with Crippen molar-refractivity contribution in [2.24, 2.45) is 0 Å². The van der Waals surface area contributed by atoms with E-state index in [4.69, 9.17) is 4.74 Å². The molecule has 2 aromatic rings. The summed E-state index contributed by atoms with van der Waals surface area (Å²) in [7, 11) is 1.71. The molecule has 108 valence electrons. The molecule has 0 saturated heterocycles. The summed E-state index contributed by atoms with van der Waals surface area (Å²) in [6, 6.07) is 1.92. The lowest BCUT2D eigenvalue weighted by Gasteiger charge is -2.02. The minimum Gasteiger partial charge on any atom is -0.383 e. The Hall–Kier alpha value is -1.79. The molecule has 0 aromatic carbocycles. The molecule has 0 aliphatic rings. The van der Waals surface area contributed by atoms with Crippen LogP contribution in [-0.4, -0.2) is 46.6 Å². The lowest BCUT2D eigenvalue weighted by atomic mass is 10.2. The highest BCUT2D eigenvalue weighted by Gasteiger charge is 2.02. The highest BCUT2D eigenvalue weighted by molar-refractivity contribution is 5.23. The van der Waals surface area contributed by atoms with Crippen LogP contribution in [0.1, 0.15) is 17.7 Å². The van der Waals surface area contributed by atoms with Gasteiger partial charge in [0.15, 0.2) is 5.82 Å². The molecule has 0 atom stereocenters. The van der Waals surface area contributed by atoms with Crippen molar-refractivity contribution in [3.05, 3.63) is 36.0 Å². The summed E-state index contributed by atoms with van der Waals surface area (Å²) < 4.78 is 6.77. The minimum absolute atomic E-state index is 0.755. The maximum Gasteiger partial charge on any atom is 0.156 e. The zero-order chi connectivity index (χ0) is 14.2. The lowest BCUT2D eigenvalue weighted by molar-refractivity contribution is 0.199. The van der Waals surface area contributed by atoms with E-state index < -0.39 is 0 Å². The number of nitrogens with one attached hydrogen (secondary N) is 1. The van der Waals surface area contributed by atoms with Crippen LogP contribution in [0.3, 0.4) is 0 Å². The fraction of sp³-hybridized carbons (Fsp3) is 0.500. The first-order valence-electron chi connectivity index (χ1n) is 6.82. The number of nitrogens with zero attached hydrogens (tertiary/aromatic N) is 4. The molecule has 2 aromatic heterocycles. The van der Waals surface area contributed by atoms with Gasteiger partial charge in [-0.3, -0.25) is 0 Å². The first-order chi connectivity index (χ1) is 9.79. The van der Waals surface area contributed by atoms with E-state index in [1.807, 2.05) is 25.4 Å². The van der Waals surface area contributed by atoms with E-state index >= 15 is 0 Å². The number of methoxy groups -OCH3 is 1. The van der Waals surface area contributed by atoms with Crippen molar-refractivity contribution >= 4 is 0 Å². The molecule has 0 unspecified atom stereocenters. The maximum absolute atomic E-state index is 4.98. The van der Waals surface area contributed by atoms with Gasteiger partial charge >= 0.3 is 0 Å². The van der Waals surface area contributed by atoms with Crippen molar-refractivity contribution in [3.63, 3.8) is 0 Å². The summed E-state index contributed by atoms with van der Waals surface area (Å²) in [5.41, 5.74) is 2.16. The number of aromatic nitrogens is 4. The third-order valence-corrected chi connectivity index (χ3v) is 2.96. The third-order valence-electron chi connectivity index (χ3n) is 2.96. The molecule has 0 amide bonds. The summed E-state index contributed by atoms with van der Waals surface area (Å²) in [5, 5.41) is 7.67. The zero-order valence-electron chi connectivity index (χ0n) is 12.0. The fourth-order valence-electron chi connectivity index (χ4n) is 1.90. The maximum atomic E-state index is 4.98. The van der Waals surface area contributed by atoms with E-state index in [0.717, 1.165) is 44.0 Å². The summed E-state index contributed by atoms with van der Waals surface area (Å²) in [6.45, 7) is 4.59. The normalized spacial score (nSPS) is 10.9. The van der Waals surface area contributed by atoms with Gasteiger partial charge in [0.25, 0.3) is 0 Å². The van der Waals surface area contributed by atoms with Crippen molar-refractivity contribution in [1.82, 2.24) is 25.1 Å². The molecule has 6 nitrogen and oxygen atoms in total. The van der Waals surface area contributed by atoms with Gasteiger partial charge in [-0.05, 0) is 31.9 Å². The molecule has 2 rings (SSSR count). The molecule has 0 aliphatic carbocycles. The highest BCUT2D eigenvalue weighted by atomic mass is 16.5. The fourth-order valence-corrected chi connectivity index (χ4v) is 1.90. The smallest absolute Gasteiger partial charge is 0.156 e. The molecular weight excluding hydrogens is 254 g/mol. The topological polar surface area (TPSA) is 64.9 Å². The van der Waals surface area contributed by atoms with Crippen LogP contribution in [0.25, 0.3) is 5.82 Å². The molecule has 0 spiro atoms. The molecule has 20 heavy (non-hydrogen) atoms. The monoisotopic (exact) mass is 275 g/mol. The Morgan fingerprint density at radius 2 is 2.20 bits per heavy atom. The summed E-state index contributed by atoms with van der Waals surface area (Å²) in [6.07, 6.45) is 7.57. The second-order valence-corrected chi connectivity index (χ2v) is 4.66. The lowest BCUT2D eigenvalue weighted by Crippen LogP contribution is -2.20. The van der Waals surface area contributed by atoms with Crippen LogP contribution >= 0.6 is 0 Å². The molecule has 0 bridgehead atoms. The number of aryl methyl sites for hydroxylation is 2. The van der Waals surface area contributed by atoms with E-state index in [9.17, 15) is 0 Å². The second-order valence-electron chi connectivity index (χ2n) is 4.66. The van der Waals surface area contributed by atoms with Gasteiger partial charge in [0.05, 0.1) is 12.8 Å². The van der Waals surface area contributed by atoms with Gasteiger partial charge < -0.3 is 10.1 Å². The van der Waals surface area contributed by atoms with Gasteiger partial charge in [-0.15, -0.1) is 0 Å². The average Bonchev–Trinajstić information content (AvgIpc) is 2.91. The van der Waals surface area contributed by atoms with Crippen molar-refractivity contribution in [2.75, 3.05) is 26.8 Å². The Morgan fingerprint density at radius 1 is 1.30 bits per heavy atom. The predicted octanol–water partition coefficient (Wildman–Crippen LogP) is 1.14. The van der Waals surface area contributed by atoms with Crippen LogP contribution in [0.2, 0.25) is 0 Å². The average molecular weight is 275 g/mol. The minimum atomic E-state index is 0.755. The number of hydrogen-bond donors (Lipinski definition) is 1. The zero-order valence-corrected chi connectivity index (χ0v) is 12.0. The Morgan fingerprint density at radius 3 is 3.00 bits per heavy atom. The number of rotatable bonds is 8. The first kappa shape index (κ1) is 14.6. The third kappa shape index (κ3) is 4.40. The second kappa shape index (κ2) is 7.72. The molecule has 0 fully saturated rings. The van der Waals surface area contributed by atoms with Crippen molar-refractivity contribution in [1.29, 1.82) is 0 Å². The van der Waals surface area contributed by atoms with Crippen LogP contribution in [0.4, 0.5) is 0 Å². The van der Waals surface area contributed by atoms with Gasteiger partial charge in [-0.25, -0.2) is 14.6 Å². The first-order valence-corrected chi connectivity index (χ1v) is 6.82. The predicted molar refractivity (Wildman–Crippen MR) is 77.0 cm³/mol. The summed E-state index contributed by atoms with van der Waals surface area (Å²) in [5.74, 6) is 0.807. The number of ether oxygens (including phenoxy) is 1. The Balaban J connectivity index is 1.80. The van der Waals surface area contributed by atoms with Gasteiger partial charge in [0, 0.05) is 31.6 Å². The largest absolute Gasteiger partial charge is 0.383 e. The van der Waals surface area contributed by atoms with E-state index in [-0.39, 0.29) is 0 Å². The molecule has 6 heteroatoms.